The second kappa shape index (κ2) is 5.98. The lowest BCUT2D eigenvalue weighted by molar-refractivity contribution is 0.337. The molecule has 1 atom stereocenters. The third-order valence-corrected chi connectivity index (χ3v) is 4.62. The Morgan fingerprint density at radius 3 is 2.70 bits per heavy atom. The van der Waals surface area contributed by atoms with Crippen molar-refractivity contribution >= 4 is 23.4 Å². The minimum atomic E-state index is -0.421. The second-order valence-corrected chi connectivity index (χ2v) is 6.23. The van der Waals surface area contributed by atoms with Gasteiger partial charge in [0.15, 0.2) is 5.82 Å². The molecule has 23 heavy (non-hydrogen) atoms. The molecule has 0 saturated heterocycles. The van der Waals surface area contributed by atoms with E-state index in [0.717, 1.165) is 42.4 Å². The number of furan rings is 1. The van der Waals surface area contributed by atoms with Crippen molar-refractivity contribution in [2.45, 2.75) is 44.1 Å². The van der Waals surface area contributed by atoms with Gasteiger partial charge in [0.05, 0.1) is 11.5 Å². The van der Waals surface area contributed by atoms with Crippen LogP contribution in [0.4, 0.5) is 0 Å². The number of aromatic nitrogens is 2. The first-order chi connectivity index (χ1) is 10.7. The highest BCUT2D eigenvalue weighted by Crippen LogP contribution is 2.36. The molecule has 0 bridgehead atoms. The van der Waals surface area contributed by atoms with Gasteiger partial charge in [0.2, 0.25) is 5.89 Å². The lowest BCUT2D eigenvalue weighted by atomic mass is 9.98. The summed E-state index contributed by atoms with van der Waals surface area (Å²) in [5.41, 5.74) is 6.83. The van der Waals surface area contributed by atoms with Crippen molar-refractivity contribution < 1.29 is 8.94 Å². The average Bonchev–Trinajstić information content (AvgIpc) is 3.25. The van der Waals surface area contributed by atoms with Crippen LogP contribution in [0.25, 0.3) is 11.0 Å². The van der Waals surface area contributed by atoms with E-state index in [1.54, 1.807) is 0 Å². The normalized spacial score (nSPS) is 18.0. The molecule has 1 aliphatic rings. The van der Waals surface area contributed by atoms with Crippen LogP contribution in [0.3, 0.4) is 0 Å². The van der Waals surface area contributed by atoms with Crippen LogP contribution in [0, 0.1) is 0 Å². The minimum Gasteiger partial charge on any atom is -0.460 e. The van der Waals surface area contributed by atoms with Crippen molar-refractivity contribution in [2.24, 2.45) is 5.73 Å². The predicted octanol–water partition coefficient (Wildman–Crippen LogP) is 4.12. The number of halogens is 1. The van der Waals surface area contributed by atoms with E-state index in [0.29, 0.717) is 11.7 Å². The highest BCUT2D eigenvalue weighted by atomic mass is 35.5. The summed E-state index contributed by atoms with van der Waals surface area (Å²) in [6, 6.07) is 9.97. The van der Waals surface area contributed by atoms with Gasteiger partial charge in [-0.05, 0) is 31.9 Å². The number of nitrogens with zero attached hydrogens (tertiary/aromatic N) is 2. The Hall–Kier alpha value is -1.85. The fourth-order valence-corrected chi connectivity index (χ4v) is 3.18. The number of hydrogen-bond acceptors (Lipinski definition) is 5. The molecule has 3 aromatic rings. The summed E-state index contributed by atoms with van der Waals surface area (Å²) in [5.74, 6) is 1.93. The van der Waals surface area contributed by atoms with E-state index < -0.39 is 5.54 Å². The molecule has 1 fully saturated rings. The van der Waals surface area contributed by atoms with Gasteiger partial charge in [-0.25, -0.2) is 0 Å². The van der Waals surface area contributed by atoms with Crippen LogP contribution < -0.4 is 5.73 Å². The maximum atomic E-state index is 6.39. The first-order valence-electron chi connectivity index (χ1n) is 7.77. The van der Waals surface area contributed by atoms with Crippen LogP contribution in [-0.4, -0.2) is 10.1 Å². The number of fused-ring (bicyclic) bond motifs is 1. The van der Waals surface area contributed by atoms with E-state index in [1.165, 1.54) is 0 Å². The molecule has 0 amide bonds. The van der Waals surface area contributed by atoms with Crippen molar-refractivity contribution in [1.29, 1.82) is 0 Å². The van der Waals surface area contributed by atoms with Gasteiger partial charge >= 0.3 is 0 Å². The van der Waals surface area contributed by atoms with Crippen LogP contribution >= 0.6 is 12.4 Å². The fraction of sp³-hybridized carbons (Fsp3) is 0.412. The standard InChI is InChI=1S/C17H19N3O2.ClH/c1-11(14-10-12-6-2-3-7-13(12)21-14)15-19-16(20-22-15)17(18)8-4-5-9-17;/h2-3,6-7,10-11H,4-5,8-9,18H2,1H3;1H. The van der Waals surface area contributed by atoms with Gasteiger partial charge in [0.25, 0.3) is 0 Å². The summed E-state index contributed by atoms with van der Waals surface area (Å²) in [6.07, 6.45) is 4.09. The molecule has 1 saturated carbocycles. The maximum absolute atomic E-state index is 6.39. The van der Waals surface area contributed by atoms with Crippen molar-refractivity contribution in [2.75, 3.05) is 0 Å². The molecule has 2 N–H and O–H groups in total. The second-order valence-electron chi connectivity index (χ2n) is 6.23. The summed E-state index contributed by atoms with van der Waals surface area (Å²) >= 11 is 0. The van der Waals surface area contributed by atoms with Crippen LogP contribution in [-0.2, 0) is 5.54 Å². The Morgan fingerprint density at radius 2 is 1.96 bits per heavy atom. The minimum absolute atomic E-state index is 0. The number of rotatable bonds is 3. The first-order valence-corrected chi connectivity index (χ1v) is 7.77. The molecule has 1 aromatic carbocycles. The van der Waals surface area contributed by atoms with Gasteiger partial charge in [-0.15, -0.1) is 12.4 Å². The molecule has 0 radical (unpaired) electrons. The van der Waals surface area contributed by atoms with E-state index >= 15 is 0 Å². The summed E-state index contributed by atoms with van der Waals surface area (Å²) in [6.45, 7) is 2.01. The Bertz CT molecular complexity index is 772. The molecule has 1 unspecified atom stereocenters. The Balaban J connectivity index is 0.00000156. The fourth-order valence-electron chi connectivity index (χ4n) is 3.18. The van der Waals surface area contributed by atoms with E-state index in [1.807, 2.05) is 37.3 Å². The van der Waals surface area contributed by atoms with E-state index in [-0.39, 0.29) is 18.3 Å². The van der Waals surface area contributed by atoms with Gasteiger partial charge in [-0.3, -0.25) is 0 Å². The average molecular weight is 334 g/mol. The van der Waals surface area contributed by atoms with E-state index in [2.05, 4.69) is 10.1 Å². The largest absolute Gasteiger partial charge is 0.460 e. The first kappa shape index (κ1) is 16.0. The molecule has 5 nitrogen and oxygen atoms in total. The van der Waals surface area contributed by atoms with Crippen LogP contribution in [0.1, 0.15) is 56.0 Å². The highest BCUT2D eigenvalue weighted by molar-refractivity contribution is 5.85. The van der Waals surface area contributed by atoms with Crippen LogP contribution in [0.15, 0.2) is 39.3 Å². The van der Waals surface area contributed by atoms with E-state index in [9.17, 15) is 0 Å². The molecular weight excluding hydrogens is 314 g/mol. The molecule has 2 heterocycles. The van der Waals surface area contributed by atoms with Crippen LogP contribution in [0.2, 0.25) is 0 Å². The summed E-state index contributed by atoms with van der Waals surface area (Å²) in [5, 5.41) is 5.20. The molecule has 1 aliphatic carbocycles. The molecule has 0 aliphatic heterocycles. The SMILES string of the molecule is CC(c1cc2ccccc2o1)c1nc(C2(N)CCCC2)no1.Cl. The zero-order valence-electron chi connectivity index (χ0n) is 13.0. The number of benzene rings is 1. The molecule has 0 spiro atoms. The van der Waals surface area contributed by atoms with Crippen molar-refractivity contribution in [3.63, 3.8) is 0 Å². The van der Waals surface area contributed by atoms with Crippen LogP contribution in [0.5, 0.6) is 0 Å². The van der Waals surface area contributed by atoms with Crippen molar-refractivity contribution in [3.05, 3.63) is 47.8 Å². The number of para-hydroxylation sites is 1. The summed E-state index contributed by atoms with van der Waals surface area (Å²) in [4.78, 5) is 4.55. The lowest BCUT2D eigenvalue weighted by Gasteiger charge is -2.17. The van der Waals surface area contributed by atoms with Crippen molar-refractivity contribution in [3.8, 4) is 0 Å². The molecule has 6 heteroatoms. The zero-order valence-corrected chi connectivity index (χ0v) is 13.8. The molecular formula is C17H20ClN3O2. The van der Waals surface area contributed by atoms with Gasteiger partial charge in [0, 0.05) is 5.39 Å². The third-order valence-electron chi connectivity index (χ3n) is 4.62. The van der Waals surface area contributed by atoms with Gasteiger partial charge in [-0.1, -0.05) is 36.2 Å². The van der Waals surface area contributed by atoms with Gasteiger partial charge < -0.3 is 14.7 Å². The zero-order chi connectivity index (χ0) is 15.2. The third kappa shape index (κ3) is 2.75. The topological polar surface area (TPSA) is 78.1 Å². The predicted molar refractivity (Wildman–Crippen MR) is 89.6 cm³/mol. The molecule has 4 rings (SSSR count). The Kier molecular flexibility index (Phi) is 4.17. The quantitative estimate of drug-likeness (QED) is 0.780. The molecule has 122 valence electrons. The molecule has 2 aromatic heterocycles. The Morgan fingerprint density at radius 1 is 1.22 bits per heavy atom. The van der Waals surface area contributed by atoms with Gasteiger partial charge in [-0.2, -0.15) is 4.98 Å². The Labute approximate surface area is 140 Å². The monoisotopic (exact) mass is 333 g/mol. The van der Waals surface area contributed by atoms with Crippen molar-refractivity contribution in [1.82, 2.24) is 10.1 Å². The van der Waals surface area contributed by atoms with Gasteiger partial charge in [0.1, 0.15) is 11.3 Å². The number of hydrogen-bond donors (Lipinski definition) is 1. The smallest absolute Gasteiger partial charge is 0.237 e. The van der Waals surface area contributed by atoms with E-state index in [4.69, 9.17) is 14.7 Å². The summed E-state index contributed by atoms with van der Waals surface area (Å²) < 4.78 is 11.3. The maximum Gasteiger partial charge on any atom is 0.237 e. The lowest BCUT2D eigenvalue weighted by Crippen LogP contribution is -2.34. The highest BCUT2D eigenvalue weighted by Gasteiger charge is 2.36. The number of nitrogens with two attached hydrogens (primary N) is 1. The summed E-state index contributed by atoms with van der Waals surface area (Å²) in [7, 11) is 0.